The Morgan fingerprint density at radius 1 is 1.11 bits per heavy atom. The SMILES string of the molecule is CCC1(c2ccc(F)cc2)NC(=O)N(Cc2nc(-c3ccccc3)no2)C1=O. The summed E-state index contributed by atoms with van der Waals surface area (Å²) in [6, 6.07) is 14.2. The Morgan fingerprint density at radius 3 is 2.50 bits per heavy atom. The average molecular weight is 380 g/mol. The lowest BCUT2D eigenvalue weighted by Crippen LogP contribution is -2.43. The molecule has 1 aliphatic heterocycles. The lowest BCUT2D eigenvalue weighted by atomic mass is 9.87. The van der Waals surface area contributed by atoms with Crippen LogP contribution < -0.4 is 5.32 Å². The van der Waals surface area contributed by atoms with E-state index in [-0.39, 0.29) is 12.4 Å². The second-order valence-electron chi connectivity index (χ2n) is 6.46. The first-order chi connectivity index (χ1) is 13.5. The number of carbonyl (C=O) groups is 2. The first-order valence-corrected chi connectivity index (χ1v) is 8.81. The van der Waals surface area contributed by atoms with Gasteiger partial charge in [0.25, 0.3) is 5.91 Å². The molecule has 4 rings (SSSR count). The van der Waals surface area contributed by atoms with Crippen molar-refractivity contribution in [3.8, 4) is 11.4 Å². The Bertz CT molecular complexity index is 1020. The molecule has 0 bridgehead atoms. The third-order valence-electron chi connectivity index (χ3n) is 4.84. The zero-order valence-corrected chi connectivity index (χ0v) is 15.1. The average Bonchev–Trinajstić information content (AvgIpc) is 3.28. The van der Waals surface area contributed by atoms with E-state index in [9.17, 15) is 14.0 Å². The highest BCUT2D eigenvalue weighted by Gasteiger charge is 2.51. The van der Waals surface area contributed by atoms with Crippen molar-refractivity contribution in [1.82, 2.24) is 20.4 Å². The van der Waals surface area contributed by atoms with Crippen molar-refractivity contribution >= 4 is 11.9 Å². The van der Waals surface area contributed by atoms with E-state index in [1.165, 1.54) is 24.3 Å². The van der Waals surface area contributed by atoms with Gasteiger partial charge in [0.2, 0.25) is 11.7 Å². The van der Waals surface area contributed by atoms with Gasteiger partial charge in [-0.25, -0.2) is 9.18 Å². The molecule has 142 valence electrons. The van der Waals surface area contributed by atoms with Gasteiger partial charge in [0.15, 0.2) is 0 Å². The Hall–Kier alpha value is -3.55. The Morgan fingerprint density at radius 2 is 1.82 bits per heavy atom. The van der Waals surface area contributed by atoms with Crippen LogP contribution in [0, 0.1) is 5.82 Å². The summed E-state index contributed by atoms with van der Waals surface area (Å²) in [4.78, 5) is 30.9. The molecule has 2 aromatic carbocycles. The van der Waals surface area contributed by atoms with Crippen LogP contribution in [-0.2, 0) is 16.9 Å². The number of rotatable bonds is 5. The van der Waals surface area contributed by atoms with Crippen LogP contribution in [-0.4, -0.2) is 27.0 Å². The quantitative estimate of drug-likeness (QED) is 0.687. The molecule has 1 aromatic heterocycles. The second kappa shape index (κ2) is 6.88. The van der Waals surface area contributed by atoms with Gasteiger partial charge >= 0.3 is 6.03 Å². The third-order valence-corrected chi connectivity index (χ3v) is 4.84. The van der Waals surface area contributed by atoms with Crippen LogP contribution >= 0.6 is 0 Å². The van der Waals surface area contributed by atoms with Gasteiger partial charge < -0.3 is 9.84 Å². The van der Waals surface area contributed by atoms with Gasteiger partial charge in [-0.1, -0.05) is 54.5 Å². The van der Waals surface area contributed by atoms with Crippen molar-refractivity contribution in [3.63, 3.8) is 0 Å². The van der Waals surface area contributed by atoms with Crippen LogP contribution in [0.4, 0.5) is 9.18 Å². The van der Waals surface area contributed by atoms with Gasteiger partial charge in [0.05, 0.1) is 0 Å². The summed E-state index contributed by atoms with van der Waals surface area (Å²) in [5, 5.41) is 6.64. The number of aromatic nitrogens is 2. The summed E-state index contributed by atoms with van der Waals surface area (Å²) in [5.41, 5.74) is 0.0456. The van der Waals surface area contributed by atoms with Crippen molar-refractivity contribution in [2.24, 2.45) is 0 Å². The van der Waals surface area contributed by atoms with E-state index in [4.69, 9.17) is 4.52 Å². The number of nitrogens with one attached hydrogen (secondary N) is 1. The summed E-state index contributed by atoms with van der Waals surface area (Å²) in [6.07, 6.45) is 0.318. The largest absolute Gasteiger partial charge is 0.337 e. The van der Waals surface area contributed by atoms with E-state index in [1.807, 2.05) is 30.3 Å². The smallest absolute Gasteiger partial charge is 0.325 e. The first kappa shape index (κ1) is 17.8. The van der Waals surface area contributed by atoms with Crippen LogP contribution in [0.1, 0.15) is 24.8 Å². The summed E-state index contributed by atoms with van der Waals surface area (Å²) in [6.45, 7) is 1.64. The topological polar surface area (TPSA) is 88.3 Å². The fourth-order valence-corrected chi connectivity index (χ4v) is 3.30. The van der Waals surface area contributed by atoms with Crippen LogP contribution in [0.15, 0.2) is 59.1 Å². The van der Waals surface area contributed by atoms with Gasteiger partial charge in [-0.2, -0.15) is 4.98 Å². The number of halogens is 1. The number of urea groups is 1. The minimum atomic E-state index is -1.24. The molecule has 1 saturated heterocycles. The second-order valence-corrected chi connectivity index (χ2v) is 6.46. The molecule has 1 aliphatic rings. The standard InChI is InChI=1S/C20H17FN4O3/c1-2-20(14-8-10-15(21)11-9-14)18(26)25(19(27)23-20)12-16-22-17(24-28-16)13-6-4-3-5-7-13/h3-11H,2,12H2,1H3,(H,23,27). The monoisotopic (exact) mass is 380 g/mol. The maximum Gasteiger partial charge on any atom is 0.325 e. The number of hydrogen-bond acceptors (Lipinski definition) is 5. The number of carbonyl (C=O) groups excluding carboxylic acids is 2. The zero-order chi connectivity index (χ0) is 19.7. The molecule has 2 heterocycles. The molecule has 1 atom stereocenters. The van der Waals surface area contributed by atoms with Crippen LogP contribution in [0.25, 0.3) is 11.4 Å². The lowest BCUT2D eigenvalue weighted by molar-refractivity contribution is -0.132. The van der Waals surface area contributed by atoms with Crippen molar-refractivity contribution in [3.05, 3.63) is 71.9 Å². The number of imide groups is 1. The molecule has 0 radical (unpaired) electrons. The summed E-state index contributed by atoms with van der Waals surface area (Å²) in [7, 11) is 0. The highest BCUT2D eigenvalue weighted by atomic mass is 19.1. The van der Waals surface area contributed by atoms with E-state index in [0.717, 1.165) is 10.5 Å². The van der Waals surface area contributed by atoms with Crippen molar-refractivity contribution in [2.75, 3.05) is 0 Å². The molecule has 0 aliphatic carbocycles. The molecule has 1 N–H and O–H groups in total. The molecule has 3 aromatic rings. The number of amides is 3. The minimum absolute atomic E-state index is 0.145. The molecular weight excluding hydrogens is 363 g/mol. The van der Waals surface area contributed by atoms with Crippen LogP contribution in [0.3, 0.4) is 0 Å². The van der Waals surface area contributed by atoms with Gasteiger partial charge in [-0.05, 0) is 24.1 Å². The highest BCUT2D eigenvalue weighted by molar-refractivity contribution is 6.07. The molecule has 8 heteroatoms. The molecule has 1 fully saturated rings. The number of hydrogen-bond donors (Lipinski definition) is 1. The molecule has 1 unspecified atom stereocenters. The number of nitrogens with zero attached hydrogens (tertiary/aromatic N) is 3. The third kappa shape index (κ3) is 2.92. The number of benzene rings is 2. The van der Waals surface area contributed by atoms with E-state index >= 15 is 0 Å². The molecule has 0 saturated carbocycles. The van der Waals surface area contributed by atoms with Gasteiger partial charge in [0.1, 0.15) is 17.9 Å². The molecular formula is C20H17FN4O3. The lowest BCUT2D eigenvalue weighted by Gasteiger charge is -2.25. The normalized spacial score (nSPS) is 19.1. The van der Waals surface area contributed by atoms with E-state index in [0.29, 0.717) is 17.8 Å². The van der Waals surface area contributed by atoms with Gasteiger partial charge in [0, 0.05) is 5.56 Å². The Labute approximate surface area is 160 Å². The van der Waals surface area contributed by atoms with Gasteiger partial charge in [-0.15, -0.1) is 0 Å². The van der Waals surface area contributed by atoms with Crippen molar-refractivity contribution in [1.29, 1.82) is 0 Å². The molecule has 3 amide bonds. The van der Waals surface area contributed by atoms with Crippen LogP contribution in [0.5, 0.6) is 0 Å². The summed E-state index contributed by atoms with van der Waals surface area (Å²) in [5.74, 6) is -0.328. The first-order valence-electron chi connectivity index (χ1n) is 8.81. The van der Waals surface area contributed by atoms with Crippen molar-refractivity contribution < 1.29 is 18.5 Å². The molecule has 7 nitrogen and oxygen atoms in total. The zero-order valence-electron chi connectivity index (χ0n) is 15.1. The van der Waals surface area contributed by atoms with Crippen LogP contribution in [0.2, 0.25) is 0 Å². The Kier molecular flexibility index (Phi) is 4.38. The minimum Gasteiger partial charge on any atom is -0.337 e. The maximum atomic E-state index is 13.3. The fraction of sp³-hybridized carbons (Fsp3) is 0.200. The Balaban J connectivity index is 1.59. The predicted molar refractivity (Wildman–Crippen MR) is 97.2 cm³/mol. The van der Waals surface area contributed by atoms with E-state index in [1.54, 1.807) is 6.92 Å². The predicted octanol–water partition coefficient (Wildman–Crippen LogP) is 3.23. The fourth-order valence-electron chi connectivity index (χ4n) is 3.30. The van der Waals surface area contributed by atoms with E-state index in [2.05, 4.69) is 15.5 Å². The van der Waals surface area contributed by atoms with Crippen molar-refractivity contribution in [2.45, 2.75) is 25.4 Å². The highest BCUT2D eigenvalue weighted by Crippen LogP contribution is 2.33. The van der Waals surface area contributed by atoms with Gasteiger partial charge in [-0.3, -0.25) is 9.69 Å². The maximum absolute atomic E-state index is 13.3. The summed E-state index contributed by atoms with van der Waals surface area (Å²) >= 11 is 0. The summed E-state index contributed by atoms with van der Waals surface area (Å²) < 4.78 is 18.5. The molecule has 28 heavy (non-hydrogen) atoms. The van der Waals surface area contributed by atoms with E-state index < -0.39 is 23.3 Å². The molecule has 0 spiro atoms.